The van der Waals surface area contributed by atoms with Crippen LogP contribution in [0, 0.1) is 0 Å². The number of aryl methyl sites for hydroxylation is 1. The number of amides is 1. The fourth-order valence-electron chi connectivity index (χ4n) is 3.91. The summed E-state index contributed by atoms with van der Waals surface area (Å²) in [7, 11) is 1.96. The van der Waals surface area contributed by atoms with Crippen molar-refractivity contribution in [3.05, 3.63) is 52.1 Å². The van der Waals surface area contributed by atoms with Crippen LogP contribution in [0.4, 0.5) is 0 Å². The second kappa shape index (κ2) is 5.46. The van der Waals surface area contributed by atoms with Gasteiger partial charge in [0, 0.05) is 42.7 Å². The molecule has 1 aromatic carbocycles. The number of halogens is 1. The van der Waals surface area contributed by atoms with Crippen molar-refractivity contribution in [1.29, 1.82) is 0 Å². The molecule has 3 aromatic rings. The topological polar surface area (TPSA) is 43.1 Å². The molecule has 25 heavy (non-hydrogen) atoms. The van der Waals surface area contributed by atoms with Crippen LogP contribution in [0.2, 0.25) is 0 Å². The molecule has 0 saturated heterocycles. The maximum absolute atomic E-state index is 13.2. The fraction of sp³-hybridized carbons (Fsp3) is 0.368. The number of para-hydroxylation sites is 1. The molecule has 1 saturated carbocycles. The monoisotopic (exact) mass is 398 g/mol. The van der Waals surface area contributed by atoms with E-state index < -0.39 is 0 Å². The molecule has 2 aliphatic rings. The van der Waals surface area contributed by atoms with Gasteiger partial charge in [0.1, 0.15) is 5.69 Å². The lowest BCUT2D eigenvalue weighted by Crippen LogP contribution is -2.37. The Kier molecular flexibility index (Phi) is 3.32. The van der Waals surface area contributed by atoms with E-state index >= 15 is 0 Å². The van der Waals surface area contributed by atoms with Crippen LogP contribution in [0.1, 0.15) is 40.8 Å². The van der Waals surface area contributed by atoms with Crippen LogP contribution < -0.4 is 0 Å². The van der Waals surface area contributed by atoms with Crippen LogP contribution >= 0.6 is 15.9 Å². The Morgan fingerprint density at radius 3 is 2.84 bits per heavy atom. The highest BCUT2D eigenvalue weighted by Gasteiger charge is 2.32. The van der Waals surface area contributed by atoms with E-state index in [2.05, 4.69) is 25.5 Å². The van der Waals surface area contributed by atoms with Gasteiger partial charge < -0.3 is 14.0 Å². The minimum Gasteiger partial charge on any atom is -0.339 e. The van der Waals surface area contributed by atoms with Gasteiger partial charge in [0.15, 0.2) is 0 Å². The Labute approximate surface area is 154 Å². The van der Waals surface area contributed by atoms with Gasteiger partial charge in [0.2, 0.25) is 0 Å². The number of hydrogen-bond donors (Lipinski definition) is 0. The van der Waals surface area contributed by atoms with Crippen molar-refractivity contribution in [2.75, 3.05) is 6.54 Å². The molecule has 0 radical (unpaired) electrons. The Morgan fingerprint density at radius 2 is 2.08 bits per heavy atom. The second-order valence-electron chi connectivity index (χ2n) is 6.99. The molecule has 2 aromatic heterocycles. The number of aromatic nitrogens is 3. The smallest absolute Gasteiger partial charge is 0.272 e. The average molecular weight is 399 g/mol. The van der Waals surface area contributed by atoms with E-state index in [1.807, 2.05) is 47.1 Å². The Morgan fingerprint density at radius 1 is 1.28 bits per heavy atom. The van der Waals surface area contributed by atoms with Crippen LogP contribution in [-0.2, 0) is 20.0 Å². The minimum absolute atomic E-state index is 0.0668. The van der Waals surface area contributed by atoms with Crippen molar-refractivity contribution < 1.29 is 4.79 Å². The summed E-state index contributed by atoms with van der Waals surface area (Å²) in [5.74, 6) is 0.0668. The molecule has 1 amide bonds. The predicted molar refractivity (Wildman–Crippen MR) is 99.6 cm³/mol. The van der Waals surface area contributed by atoms with Crippen LogP contribution in [0.15, 0.2) is 35.1 Å². The second-order valence-corrected chi connectivity index (χ2v) is 7.78. The predicted octanol–water partition coefficient (Wildman–Crippen LogP) is 3.67. The van der Waals surface area contributed by atoms with Crippen molar-refractivity contribution in [3.63, 3.8) is 0 Å². The van der Waals surface area contributed by atoms with Crippen LogP contribution in [-0.4, -0.2) is 31.5 Å². The number of fused-ring (bicyclic) bond motifs is 2. The Bertz CT molecular complexity index is 959. The average Bonchev–Trinajstić information content (AvgIpc) is 3.34. The largest absolute Gasteiger partial charge is 0.339 e. The third kappa shape index (κ3) is 2.27. The van der Waals surface area contributed by atoms with Crippen molar-refractivity contribution in [3.8, 4) is 0 Å². The van der Waals surface area contributed by atoms with Gasteiger partial charge in [-0.1, -0.05) is 18.2 Å². The highest BCUT2D eigenvalue weighted by Crippen LogP contribution is 2.38. The summed E-state index contributed by atoms with van der Waals surface area (Å²) in [5, 5.41) is 1.07. The van der Waals surface area contributed by atoms with Gasteiger partial charge in [-0.2, -0.15) is 0 Å². The number of carbonyl (C=O) groups is 1. The fourth-order valence-corrected chi connectivity index (χ4v) is 4.68. The molecule has 0 bridgehead atoms. The molecule has 1 fully saturated rings. The van der Waals surface area contributed by atoms with Crippen molar-refractivity contribution in [1.82, 2.24) is 19.0 Å². The summed E-state index contributed by atoms with van der Waals surface area (Å²) >= 11 is 3.65. The molecule has 0 unspecified atom stereocenters. The molecule has 0 spiro atoms. The quantitative estimate of drug-likeness (QED) is 0.660. The molecule has 0 N–H and O–H groups in total. The summed E-state index contributed by atoms with van der Waals surface area (Å²) in [6.07, 6.45) is 5.37. The molecule has 5 nitrogen and oxygen atoms in total. The van der Waals surface area contributed by atoms with Crippen molar-refractivity contribution >= 4 is 32.7 Å². The van der Waals surface area contributed by atoms with Crippen molar-refractivity contribution in [2.24, 2.45) is 7.05 Å². The number of imidazole rings is 1. The van der Waals surface area contributed by atoms with E-state index in [-0.39, 0.29) is 5.91 Å². The first kappa shape index (κ1) is 15.2. The summed E-state index contributed by atoms with van der Waals surface area (Å²) in [6, 6.07) is 8.73. The third-order valence-electron chi connectivity index (χ3n) is 5.42. The Hall–Kier alpha value is -2.08. The van der Waals surface area contributed by atoms with E-state index in [1.165, 1.54) is 18.5 Å². The zero-order valence-electron chi connectivity index (χ0n) is 14.1. The maximum atomic E-state index is 13.2. The van der Waals surface area contributed by atoms with Gasteiger partial charge in [-0.3, -0.25) is 4.79 Å². The highest BCUT2D eigenvalue weighted by molar-refractivity contribution is 9.10. The molecule has 0 atom stereocenters. The number of benzene rings is 1. The molecular formula is C19H19BrN4O. The lowest BCUT2D eigenvalue weighted by Gasteiger charge is -2.27. The first-order valence-corrected chi connectivity index (χ1v) is 9.51. The normalized spacial score (nSPS) is 17.1. The summed E-state index contributed by atoms with van der Waals surface area (Å²) in [6.45, 7) is 1.35. The van der Waals surface area contributed by atoms with Gasteiger partial charge in [-0.25, -0.2) is 4.98 Å². The van der Waals surface area contributed by atoms with Gasteiger partial charge in [-0.05, 0) is 34.8 Å². The van der Waals surface area contributed by atoms with Crippen LogP contribution in [0.5, 0.6) is 0 Å². The summed E-state index contributed by atoms with van der Waals surface area (Å²) < 4.78 is 5.19. The van der Waals surface area contributed by atoms with Gasteiger partial charge in [0.05, 0.1) is 23.0 Å². The SMILES string of the molecule is Cn1c(C(=O)N2CCc3c(ncn3C3CC3)C2)c(Br)c2ccccc21. The van der Waals surface area contributed by atoms with Gasteiger partial charge in [0.25, 0.3) is 5.91 Å². The zero-order chi connectivity index (χ0) is 17.1. The van der Waals surface area contributed by atoms with Gasteiger partial charge >= 0.3 is 0 Å². The summed E-state index contributed by atoms with van der Waals surface area (Å²) in [5.41, 5.74) is 4.16. The highest BCUT2D eigenvalue weighted by atomic mass is 79.9. The van der Waals surface area contributed by atoms with E-state index in [0.717, 1.165) is 34.0 Å². The molecule has 3 heterocycles. The number of rotatable bonds is 2. The van der Waals surface area contributed by atoms with E-state index in [9.17, 15) is 4.79 Å². The first-order chi connectivity index (χ1) is 12.1. The molecular weight excluding hydrogens is 380 g/mol. The van der Waals surface area contributed by atoms with E-state index in [1.54, 1.807) is 0 Å². The number of hydrogen-bond acceptors (Lipinski definition) is 2. The first-order valence-electron chi connectivity index (χ1n) is 8.72. The standard InChI is InChI=1S/C19H19BrN4O/c1-22-15-5-3-2-4-13(15)17(20)18(22)19(25)23-9-8-16-14(10-23)21-11-24(16)12-6-7-12/h2-5,11-12H,6-10H2,1H3. The molecule has 5 rings (SSSR count). The molecule has 1 aliphatic carbocycles. The molecule has 1 aliphatic heterocycles. The van der Waals surface area contributed by atoms with Crippen molar-refractivity contribution in [2.45, 2.75) is 31.8 Å². The molecule has 6 heteroatoms. The zero-order valence-corrected chi connectivity index (χ0v) is 15.7. The maximum Gasteiger partial charge on any atom is 0.272 e. The van der Waals surface area contributed by atoms with E-state index in [0.29, 0.717) is 18.3 Å². The van der Waals surface area contributed by atoms with Crippen LogP contribution in [0.25, 0.3) is 10.9 Å². The Balaban J connectivity index is 1.49. The number of carbonyl (C=O) groups excluding carboxylic acids is 1. The third-order valence-corrected chi connectivity index (χ3v) is 6.22. The lowest BCUT2D eigenvalue weighted by molar-refractivity contribution is 0.0721. The number of nitrogens with zero attached hydrogens (tertiary/aromatic N) is 4. The minimum atomic E-state index is 0.0668. The van der Waals surface area contributed by atoms with E-state index in [4.69, 9.17) is 0 Å². The molecule has 128 valence electrons. The lowest BCUT2D eigenvalue weighted by atomic mass is 10.1. The summed E-state index contributed by atoms with van der Waals surface area (Å²) in [4.78, 5) is 19.7. The van der Waals surface area contributed by atoms with Crippen LogP contribution in [0.3, 0.4) is 0 Å². The van der Waals surface area contributed by atoms with Gasteiger partial charge in [-0.15, -0.1) is 0 Å².